The number of urea groups is 1. The van der Waals surface area contributed by atoms with Gasteiger partial charge in [-0.1, -0.05) is 0 Å². The largest absolute Gasteiger partial charge is 0.336 e. The second-order valence-corrected chi connectivity index (χ2v) is 5.15. The molecule has 5 nitrogen and oxygen atoms in total. The van der Waals surface area contributed by atoms with Crippen LogP contribution in [0.3, 0.4) is 0 Å². The summed E-state index contributed by atoms with van der Waals surface area (Å²) in [4.78, 5) is 15.9. The van der Waals surface area contributed by atoms with Crippen LogP contribution in [0.1, 0.15) is 6.42 Å². The molecule has 2 N–H and O–H groups in total. The summed E-state index contributed by atoms with van der Waals surface area (Å²) in [6, 6.07) is 0.550. The average molecular weight is 224 g/mol. The van der Waals surface area contributed by atoms with Crippen molar-refractivity contribution in [2.24, 2.45) is 5.92 Å². The van der Waals surface area contributed by atoms with Gasteiger partial charge in [0, 0.05) is 26.2 Å². The zero-order valence-corrected chi connectivity index (χ0v) is 9.61. The van der Waals surface area contributed by atoms with E-state index in [0.29, 0.717) is 6.04 Å². The quantitative estimate of drug-likeness (QED) is 0.667. The Labute approximate surface area is 96.2 Å². The van der Waals surface area contributed by atoms with Crippen LogP contribution in [0.25, 0.3) is 0 Å². The molecular formula is C11H20N4O. The van der Waals surface area contributed by atoms with Crippen LogP contribution >= 0.6 is 0 Å². The number of hydrogen-bond donors (Lipinski definition) is 2. The fourth-order valence-electron chi connectivity index (χ4n) is 2.79. The predicted molar refractivity (Wildman–Crippen MR) is 61.3 cm³/mol. The van der Waals surface area contributed by atoms with Crippen molar-refractivity contribution < 1.29 is 4.79 Å². The second-order valence-electron chi connectivity index (χ2n) is 5.15. The van der Waals surface area contributed by atoms with Crippen molar-refractivity contribution in [3.05, 3.63) is 0 Å². The van der Waals surface area contributed by atoms with E-state index >= 15 is 0 Å². The van der Waals surface area contributed by atoms with Gasteiger partial charge in [0.25, 0.3) is 0 Å². The van der Waals surface area contributed by atoms with Crippen LogP contribution in [0, 0.1) is 5.92 Å². The molecule has 0 aliphatic carbocycles. The van der Waals surface area contributed by atoms with E-state index in [9.17, 15) is 4.79 Å². The van der Waals surface area contributed by atoms with Crippen molar-refractivity contribution in [3.63, 3.8) is 0 Å². The predicted octanol–water partition coefficient (Wildman–Crippen LogP) is -0.695. The highest BCUT2D eigenvalue weighted by atomic mass is 16.2. The van der Waals surface area contributed by atoms with Gasteiger partial charge in [0.1, 0.15) is 0 Å². The molecule has 0 bridgehead atoms. The number of nitrogens with zero attached hydrogens (tertiary/aromatic N) is 2. The average Bonchev–Trinajstić information content (AvgIpc) is 2.58. The fourth-order valence-corrected chi connectivity index (χ4v) is 2.79. The van der Waals surface area contributed by atoms with Gasteiger partial charge in [-0.25, -0.2) is 4.79 Å². The number of hydrogen-bond acceptors (Lipinski definition) is 3. The molecule has 0 saturated carbocycles. The number of carbonyl (C=O) groups excluding carboxylic acids is 1. The van der Waals surface area contributed by atoms with Crippen LogP contribution in [0.5, 0.6) is 0 Å². The Balaban J connectivity index is 1.46. The molecule has 0 aromatic heterocycles. The Kier molecular flexibility index (Phi) is 2.73. The Bertz CT molecular complexity index is 279. The number of fused-ring (bicyclic) bond motifs is 1. The molecule has 3 saturated heterocycles. The highest BCUT2D eigenvalue weighted by molar-refractivity contribution is 5.77. The summed E-state index contributed by atoms with van der Waals surface area (Å²) in [6.07, 6.45) is 1.31. The monoisotopic (exact) mass is 224 g/mol. The van der Waals surface area contributed by atoms with Gasteiger partial charge in [-0.15, -0.1) is 0 Å². The van der Waals surface area contributed by atoms with Gasteiger partial charge in [-0.2, -0.15) is 0 Å². The third kappa shape index (κ3) is 1.89. The van der Waals surface area contributed by atoms with E-state index < -0.39 is 0 Å². The zero-order chi connectivity index (χ0) is 11.0. The fraction of sp³-hybridized carbons (Fsp3) is 0.909. The maximum absolute atomic E-state index is 11.4. The molecule has 5 heteroatoms. The van der Waals surface area contributed by atoms with E-state index in [2.05, 4.69) is 15.5 Å². The smallest absolute Gasteiger partial charge is 0.317 e. The molecule has 3 aliphatic heterocycles. The number of piperazine rings is 1. The second kappa shape index (κ2) is 4.22. The van der Waals surface area contributed by atoms with Crippen molar-refractivity contribution in [2.45, 2.75) is 12.5 Å². The van der Waals surface area contributed by atoms with Gasteiger partial charge in [-0.3, -0.25) is 4.90 Å². The van der Waals surface area contributed by atoms with E-state index in [0.717, 1.165) is 32.1 Å². The molecule has 0 aromatic rings. The lowest BCUT2D eigenvalue weighted by molar-refractivity contribution is 0.113. The lowest BCUT2D eigenvalue weighted by atomic mass is 9.99. The maximum atomic E-state index is 11.4. The number of rotatable bonds is 3. The van der Waals surface area contributed by atoms with Gasteiger partial charge in [0.2, 0.25) is 0 Å². The molecule has 0 aromatic carbocycles. The van der Waals surface area contributed by atoms with E-state index in [-0.39, 0.29) is 6.03 Å². The Hall–Kier alpha value is -0.810. The molecular weight excluding hydrogens is 204 g/mol. The van der Waals surface area contributed by atoms with Crippen LogP contribution in [-0.2, 0) is 0 Å². The summed E-state index contributed by atoms with van der Waals surface area (Å²) >= 11 is 0. The summed E-state index contributed by atoms with van der Waals surface area (Å²) in [5, 5.41) is 6.23. The lowest BCUT2D eigenvalue weighted by Gasteiger charge is -2.37. The van der Waals surface area contributed by atoms with Gasteiger partial charge >= 0.3 is 6.03 Å². The molecule has 0 radical (unpaired) electrons. The molecule has 3 aliphatic rings. The first kappa shape index (κ1) is 10.4. The van der Waals surface area contributed by atoms with Crippen LogP contribution in [-0.4, -0.2) is 67.7 Å². The number of nitrogens with one attached hydrogen (secondary N) is 2. The molecule has 3 fully saturated rings. The van der Waals surface area contributed by atoms with E-state index in [1.165, 1.54) is 26.1 Å². The Morgan fingerprint density at radius 3 is 2.88 bits per heavy atom. The highest BCUT2D eigenvalue weighted by Gasteiger charge is 2.35. The standard InChI is InChI=1S/C11H20N4O/c16-11-13-7-10-8-14(3-4-15(10)11)2-1-9-5-12-6-9/h9-10,12H,1-8H2,(H,13,16). The number of carbonyl (C=O) groups is 1. The first-order chi connectivity index (χ1) is 7.83. The summed E-state index contributed by atoms with van der Waals surface area (Å²) in [7, 11) is 0. The topological polar surface area (TPSA) is 47.6 Å². The molecule has 1 unspecified atom stereocenters. The molecule has 2 amide bonds. The minimum absolute atomic E-state index is 0.132. The molecule has 16 heavy (non-hydrogen) atoms. The van der Waals surface area contributed by atoms with Crippen molar-refractivity contribution in [1.82, 2.24) is 20.4 Å². The molecule has 90 valence electrons. The third-order valence-electron chi connectivity index (χ3n) is 4.04. The molecule has 1 atom stereocenters. The molecule has 3 heterocycles. The summed E-state index contributed by atoms with van der Waals surface area (Å²) < 4.78 is 0. The zero-order valence-electron chi connectivity index (χ0n) is 9.61. The number of amides is 2. The van der Waals surface area contributed by atoms with Crippen LogP contribution in [0.4, 0.5) is 4.79 Å². The lowest BCUT2D eigenvalue weighted by Crippen LogP contribution is -2.53. The van der Waals surface area contributed by atoms with Crippen molar-refractivity contribution >= 4 is 6.03 Å². The van der Waals surface area contributed by atoms with Crippen molar-refractivity contribution in [3.8, 4) is 0 Å². The van der Waals surface area contributed by atoms with Gasteiger partial charge in [0.05, 0.1) is 6.04 Å². The van der Waals surface area contributed by atoms with Gasteiger partial charge in [0.15, 0.2) is 0 Å². The summed E-state index contributed by atoms with van der Waals surface area (Å²) in [5.41, 5.74) is 0. The molecule has 0 spiro atoms. The van der Waals surface area contributed by atoms with Crippen LogP contribution < -0.4 is 10.6 Å². The third-order valence-corrected chi connectivity index (χ3v) is 4.04. The highest BCUT2D eigenvalue weighted by Crippen LogP contribution is 2.16. The van der Waals surface area contributed by atoms with Gasteiger partial charge in [-0.05, 0) is 32.0 Å². The van der Waals surface area contributed by atoms with Crippen molar-refractivity contribution in [1.29, 1.82) is 0 Å². The Morgan fingerprint density at radius 2 is 2.12 bits per heavy atom. The van der Waals surface area contributed by atoms with Gasteiger partial charge < -0.3 is 15.5 Å². The first-order valence-corrected chi connectivity index (χ1v) is 6.30. The van der Waals surface area contributed by atoms with E-state index in [1.807, 2.05) is 4.90 Å². The van der Waals surface area contributed by atoms with E-state index in [4.69, 9.17) is 0 Å². The SMILES string of the molecule is O=C1NCC2CN(CCC3CNC3)CCN12. The Morgan fingerprint density at radius 1 is 1.25 bits per heavy atom. The molecule has 3 rings (SSSR count). The summed E-state index contributed by atoms with van der Waals surface area (Å²) in [5.74, 6) is 0.890. The van der Waals surface area contributed by atoms with Crippen LogP contribution in [0.15, 0.2) is 0 Å². The first-order valence-electron chi connectivity index (χ1n) is 6.30. The van der Waals surface area contributed by atoms with E-state index in [1.54, 1.807) is 0 Å². The minimum Gasteiger partial charge on any atom is -0.336 e. The van der Waals surface area contributed by atoms with Crippen LogP contribution in [0.2, 0.25) is 0 Å². The maximum Gasteiger partial charge on any atom is 0.317 e. The minimum atomic E-state index is 0.132. The normalized spacial score (nSPS) is 31.1. The summed E-state index contributed by atoms with van der Waals surface area (Å²) in [6.45, 7) is 7.43. The van der Waals surface area contributed by atoms with Crippen molar-refractivity contribution in [2.75, 3.05) is 45.8 Å².